The molecular weight excluding hydrogens is 410 g/mol. The van der Waals surface area contributed by atoms with Crippen LogP contribution in [0.25, 0.3) is 0 Å². The lowest BCUT2D eigenvalue weighted by molar-refractivity contribution is 0.0524. The summed E-state index contributed by atoms with van der Waals surface area (Å²) < 4.78 is 0. The van der Waals surface area contributed by atoms with Crippen molar-refractivity contribution in [3.63, 3.8) is 0 Å². The van der Waals surface area contributed by atoms with Crippen molar-refractivity contribution < 1.29 is 5.11 Å². The van der Waals surface area contributed by atoms with Gasteiger partial charge in [-0.1, -0.05) is 42.3 Å². The Labute approximate surface area is 171 Å². The first kappa shape index (κ1) is 19.7. The molecule has 0 unspecified atom stereocenters. The number of hydrogen-bond acceptors (Lipinski definition) is 2. The molecule has 2 aliphatic rings. The van der Waals surface area contributed by atoms with Crippen LogP contribution in [0.1, 0.15) is 43.2 Å². The Bertz CT molecular complexity index is 752. The first-order valence-corrected chi connectivity index (χ1v) is 9.80. The predicted octanol–water partition coefficient (Wildman–Crippen LogP) is 5.75. The van der Waals surface area contributed by atoms with Crippen molar-refractivity contribution in [1.29, 1.82) is 0 Å². The molecule has 2 aromatic rings. The van der Waals surface area contributed by atoms with E-state index in [1.54, 1.807) is 6.07 Å². The van der Waals surface area contributed by atoms with Crippen LogP contribution in [-0.2, 0) is 11.8 Å². The zero-order chi connectivity index (χ0) is 17.3. The van der Waals surface area contributed by atoms with E-state index in [-0.39, 0.29) is 22.4 Å². The second-order valence-electron chi connectivity index (χ2n) is 7.75. The SMILES string of the molecule is Br.Oc1cccc([C@@]23CCC[C@@H](C2)N(CCc2cccc(Cl)c2)CC3)c1. The van der Waals surface area contributed by atoms with Crippen LogP contribution >= 0.6 is 28.6 Å². The Kier molecular flexibility index (Phi) is 6.32. The Morgan fingerprint density at radius 2 is 1.96 bits per heavy atom. The molecule has 4 heteroatoms. The van der Waals surface area contributed by atoms with Crippen molar-refractivity contribution in [1.82, 2.24) is 4.90 Å². The van der Waals surface area contributed by atoms with E-state index in [1.807, 2.05) is 24.3 Å². The van der Waals surface area contributed by atoms with Crippen molar-refractivity contribution in [2.75, 3.05) is 13.1 Å². The van der Waals surface area contributed by atoms with Gasteiger partial charge in [0.2, 0.25) is 0 Å². The molecule has 1 saturated carbocycles. The highest BCUT2D eigenvalue weighted by molar-refractivity contribution is 8.93. The van der Waals surface area contributed by atoms with Crippen LogP contribution in [0.3, 0.4) is 0 Å². The molecule has 2 aromatic carbocycles. The van der Waals surface area contributed by atoms with E-state index in [2.05, 4.69) is 23.1 Å². The van der Waals surface area contributed by atoms with Gasteiger partial charge in [-0.25, -0.2) is 0 Å². The zero-order valence-electron chi connectivity index (χ0n) is 15.0. The maximum absolute atomic E-state index is 9.90. The third-order valence-electron chi connectivity index (χ3n) is 6.25. The number of likely N-dealkylation sites (tertiary alicyclic amines) is 1. The summed E-state index contributed by atoms with van der Waals surface area (Å²) in [7, 11) is 0. The summed E-state index contributed by atoms with van der Waals surface area (Å²) in [5.74, 6) is 0.400. The molecule has 26 heavy (non-hydrogen) atoms. The molecule has 2 nitrogen and oxygen atoms in total. The third-order valence-corrected chi connectivity index (χ3v) is 6.48. The monoisotopic (exact) mass is 435 g/mol. The fraction of sp³-hybridized carbons (Fsp3) is 0.455. The van der Waals surface area contributed by atoms with E-state index in [0.29, 0.717) is 11.8 Å². The molecule has 0 amide bonds. The Morgan fingerprint density at radius 3 is 2.77 bits per heavy atom. The normalized spacial score (nSPS) is 25.5. The topological polar surface area (TPSA) is 23.5 Å². The smallest absolute Gasteiger partial charge is 0.115 e. The van der Waals surface area contributed by atoms with Gasteiger partial charge >= 0.3 is 0 Å². The molecule has 0 radical (unpaired) electrons. The van der Waals surface area contributed by atoms with Gasteiger partial charge in [-0.3, -0.25) is 4.90 Å². The molecule has 1 N–H and O–H groups in total. The molecule has 0 spiro atoms. The minimum Gasteiger partial charge on any atom is -0.508 e. The third kappa shape index (κ3) is 4.11. The fourth-order valence-electron chi connectivity index (χ4n) is 4.91. The standard InChI is InChI=1S/C22H26ClNO.BrH/c23-19-6-1-4-17(14-19)9-12-24-13-11-22(10-3-7-20(24)16-22)18-5-2-8-21(25)15-18;/h1-2,4-6,8,14-15,20,25H,3,7,9-13,16H2;1H/t20-,22+;/m0./s1. The molecule has 1 aliphatic carbocycles. The maximum atomic E-state index is 9.90. The average Bonchev–Trinajstić information content (AvgIpc) is 2.61. The number of piperidine rings is 1. The molecule has 1 saturated heterocycles. The molecule has 140 valence electrons. The Hall–Kier alpha value is -1.03. The van der Waals surface area contributed by atoms with E-state index in [4.69, 9.17) is 11.6 Å². The van der Waals surface area contributed by atoms with E-state index >= 15 is 0 Å². The summed E-state index contributed by atoms with van der Waals surface area (Å²) in [6.45, 7) is 2.27. The van der Waals surface area contributed by atoms with Crippen LogP contribution in [-0.4, -0.2) is 29.1 Å². The molecule has 1 aliphatic heterocycles. The van der Waals surface area contributed by atoms with Gasteiger partial charge in [0.25, 0.3) is 0 Å². The van der Waals surface area contributed by atoms with Gasteiger partial charge in [-0.05, 0) is 79.5 Å². The number of aromatic hydroxyl groups is 1. The first-order chi connectivity index (χ1) is 12.1. The van der Waals surface area contributed by atoms with Gasteiger partial charge in [0.05, 0.1) is 0 Å². The Morgan fingerprint density at radius 1 is 1.12 bits per heavy atom. The lowest BCUT2D eigenvalue weighted by Gasteiger charge is -2.51. The van der Waals surface area contributed by atoms with Gasteiger partial charge in [-0.2, -0.15) is 0 Å². The van der Waals surface area contributed by atoms with Gasteiger partial charge < -0.3 is 5.11 Å². The molecule has 2 atom stereocenters. The van der Waals surface area contributed by atoms with Gasteiger partial charge in [0.1, 0.15) is 5.75 Å². The number of benzene rings is 2. The lowest BCUT2D eigenvalue weighted by atomic mass is 9.63. The van der Waals surface area contributed by atoms with Crippen LogP contribution in [0.5, 0.6) is 5.75 Å². The highest BCUT2D eigenvalue weighted by Crippen LogP contribution is 2.47. The summed E-state index contributed by atoms with van der Waals surface area (Å²) in [5, 5.41) is 10.7. The lowest BCUT2D eigenvalue weighted by Crippen LogP contribution is -2.52. The number of phenols is 1. The summed E-state index contributed by atoms with van der Waals surface area (Å²) in [4.78, 5) is 2.68. The number of fused-ring (bicyclic) bond motifs is 2. The number of halogens is 2. The highest BCUT2D eigenvalue weighted by Gasteiger charge is 2.43. The van der Waals surface area contributed by atoms with Crippen molar-refractivity contribution >= 4 is 28.6 Å². The average molecular weight is 437 g/mol. The number of nitrogens with zero attached hydrogens (tertiary/aromatic N) is 1. The van der Waals surface area contributed by atoms with E-state index in [1.165, 1.54) is 43.2 Å². The Balaban J connectivity index is 0.00000196. The van der Waals surface area contributed by atoms with Gasteiger partial charge in [0, 0.05) is 17.6 Å². The van der Waals surface area contributed by atoms with Crippen molar-refractivity contribution in [3.05, 3.63) is 64.7 Å². The van der Waals surface area contributed by atoms with Crippen molar-refractivity contribution in [2.45, 2.75) is 50.0 Å². The van der Waals surface area contributed by atoms with Crippen LogP contribution in [0.15, 0.2) is 48.5 Å². The van der Waals surface area contributed by atoms with Crippen LogP contribution in [0, 0.1) is 0 Å². The second-order valence-corrected chi connectivity index (χ2v) is 8.18. The zero-order valence-corrected chi connectivity index (χ0v) is 17.5. The summed E-state index contributed by atoms with van der Waals surface area (Å²) in [6.07, 6.45) is 7.34. The number of phenolic OH excluding ortho intramolecular Hbond substituents is 1. The van der Waals surface area contributed by atoms with Crippen LogP contribution in [0.4, 0.5) is 0 Å². The highest BCUT2D eigenvalue weighted by atomic mass is 79.9. The van der Waals surface area contributed by atoms with Crippen molar-refractivity contribution in [2.24, 2.45) is 0 Å². The van der Waals surface area contributed by atoms with E-state index < -0.39 is 0 Å². The molecule has 4 rings (SSSR count). The summed E-state index contributed by atoms with van der Waals surface area (Å²) in [5.41, 5.74) is 2.94. The quantitative estimate of drug-likeness (QED) is 0.659. The van der Waals surface area contributed by atoms with Crippen molar-refractivity contribution in [3.8, 4) is 5.75 Å². The largest absolute Gasteiger partial charge is 0.508 e. The fourth-order valence-corrected chi connectivity index (χ4v) is 5.12. The van der Waals surface area contributed by atoms with Crippen LogP contribution < -0.4 is 0 Å². The van der Waals surface area contributed by atoms with E-state index in [9.17, 15) is 5.11 Å². The van der Waals surface area contributed by atoms with Gasteiger partial charge in [-0.15, -0.1) is 17.0 Å². The van der Waals surface area contributed by atoms with Crippen LogP contribution in [0.2, 0.25) is 5.02 Å². The molecule has 1 heterocycles. The molecular formula is C22H27BrClNO. The molecule has 2 fully saturated rings. The predicted molar refractivity (Wildman–Crippen MR) is 114 cm³/mol. The minimum atomic E-state index is 0. The van der Waals surface area contributed by atoms with E-state index in [0.717, 1.165) is 24.5 Å². The second kappa shape index (κ2) is 8.33. The number of rotatable bonds is 4. The summed E-state index contributed by atoms with van der Waals surface area (Å²) in [6, 6.07) is 16.9. The van der Waals surface area contributed by atoms with Gasteiger partial charge in [0.15, 0.2) is 0 Å². The first-order valence-electron chi connectivity index (χ1n) is 9.43. The molecule has 2 bridgehead atoms. The minimum absolute atomic E-state index is 0. The molecule has 0 aromatic heterocycles. The summed E-state index contributed by atoms with van der Waals surface area (Å²) >= 11 is 6.12. The number of hydrogen-bond donors (Lipinski definition) is 1. The maximum Gasteiger partial charge on any atom is 0.115 e.